The van der Waals surface area contributed by atoms with Crippen molar-refractivity contribution in [2.75, 3.05) is 26.9 Å². The molecule has 7 N–H and O–H groups in total. The van der Waals surface area contributed by atoms with Crippen molar-refractivity contribution in [3.63, 3.8) is 0 Å². The molecule has 50 heavy (non-hydrogen) atoms. The Hall–Kier alpha value is -4.59. The second-order valence-corrected chi connectivity index (χ2v) is 11.2. The van der Waals surface area contributed by atoms with Gasteiger partial charge >= 0.3 is 17.9 Å². The minimum Gasteiger partial charge on any atom is -0.508 e. The molecule has 0 aliphatic carbocycles. The Kier molecular flexibility index (Phi) is 12.9. The summed E-state index contributed by atoms with van der Waals surface area (Å²) >= 11 is 0. The fourth-order valence-corrected chi connectivity index (χ4v) is 5.04. The second kappa shape index (κ2) is 16.9. The van der Waals surface area contributed by atoms with Gasteiger partial charge < -0.3 is 68.9 Å². The van der Waals surface area contributed by atoms with Gasteiger partial charge in [-0.25, -0.2) is 9.59 Å². The van der Waals surface area contributed by atoms with Crippen molar-refractivity contribution in [1.82, 2.24) is 0 Å². The van der Waals surface area contributed by atoms with Crippen molar-refractivity contribution in [2.24, 2.45) is 0 Å². The van der Waals surface area contributed by atoms with E-state index in [-0.39, 0.29) is 17.2 Å². The molecule has 0 saturated carbocycles. The summed E-state index contributed by atoms with van der Waals surface area (Å²) in [5, 5.41) is 72.5. The molecule has 17 nitrogen and oxygen atoms in total. The number of aromatic hydroxyl groups is 2. The Labute approximate surface area is 285 Å². The van der Waals surface area contributed by atoms with Crippen LogP contribution in [0.5, 0.6) is 17.2 Å². The van der Waals surface area contributed by atoms with Crippen molar-refractivity contribution in [1.29, 1.82) is 0 Å². The zero-order valence-electron chi connectivity index (χ0n) is 26.8. The molecule has 0 radical (unpaired) electrons. The van der Waals surface area contributed by atoms with Crippen molar-refractivity contribution in [3.8, 4) is 17.2 Å². The van der Waals surface area contributed by atoms with Crippen LogP contribution in [0, 0.1) is 0 Å². The van der Waals surface area contributed by atoms with Gasteiger partial charge in [0, 0.05) is 19.1 Å². The molecule has 2 fully saturated rings. The Morgan fingerprint density at radius 2 is 1.46 bits per heavy atom. The first-order valence-corrected chi connectivity index (χ1v) is 15.1. The third-order valence-electron chi connectivity index (χ3n) is 7.68. The number of rotatable bonds is 13. The second-order valence-electron chi connectivity index (χ2n) is 11.2. The molecule has 9 unspecified atom stereocenters. The van der Waals surface area contributed by atoms with Crippen molar-refractivity contribution in [2.45, 2.75) is 61.7 Å². The van der Waals surface area contributed by atoms with Gasteiger partial charge in [-0.05, 0) is 47.5 Å². The first kappa shape index (κ1) is 38.2. The van der Waals surface area contributed by atoms with E-state index in [1.807, 2.05) is 0 Å². The van der Waals surface area contributed by atoms with Crippen LogP contribution in [-0.2, 0) is 42.8 Å². The highest BCUT2D eigenvalue weighted by molar-refractivity contribution is 5.88. The van der Waals surface area contributed by atoms with E-state index in [4.69, 9.17) is 33.2 Å². The fourth-order valence-electron chi connectivity index (χ4n) is 5.04. The predicted octanol–water partition coefficient (Wildman–Crippen LogP) is -0.876. The van der Waals surface area contributed by atoms with E-state index in [2.05, 4.69) is 0 Å². The minimum absolute atomic E-state index is 0.0106. The number of carbonyl (C=O) groups excluding carboxylic acids is 3. The molecule has 2 heterocycles. The summed E-state index contributed by atoms with van der Waals surface area (Å²) < 4.78 is 37.6. The maximum absolute atomic E-state index is 12.9. The van der Waals surface area contributed by atoms with E-state index in [0.29, 0.717) is 11.1 Å². The van der Waals surface area contributed by atoms with Crippen LogP contribution in [-0.4, -0.2) is 135 Å². The molecule has 0 aromatic heterocycles. The predicted molar refractivity (Wildman–Crippen MR) is 167 cm³/mol. The molecule has 0 amide bonds. The molecule has 0 spiro atoms. The van der Waals surface area contributed by atoms with Gasteiger partial charge in [-0.1, -0.05) is 18.2 Å². The van der Waals surface area contributed by atoms with Crippen LogP contribution in [0.4, 0.5) is 0 Å². The van der Waals surface area contributed by atoms with Crippen molar-refractivity contribution >= 4 is 30.1 Å². The summed E-state index contributed by atoms with van der Waals surface area (Å²) in [5.41, 5.74) is 0.959. The van der Waals surface area contributed by atoms with Gasteiger partial charge in [0.1, 0.15) is 62.2 Å². The van der Waals surface area contributed by atoms with E-state index in [0.717, 1.165) is 19.1 Å². The normalized spacial score (nSPS) is 29.6. The molecule has 2 saturated heterocycles. The topological polar surface area (TPSA) is 257 Å². The van der Waals surface area contributed by atoms with Crippen LogP contribution < -0.4 is 4.74 Å². The van der Waals surface area contributed by atoms with Gasteiger partial charge in [0.15, 0.2) is 23.9 Å². The van der Waals surface area contributed by atoms with Gasteiger partial charge in [0.25, 0.3) is 0 Å². The van der Waals surface area contributed by atoms with Gasteiger partial charge in [-0.3, -0.25) is 4.79 Å². The molecule has 272 valence electrons. The Morgan fingerprint density at radius 3 is 2.12 bits per heavy atom. The molecule has 2 aromatic rings. The lowest BCUT2D eigenvalue weighted by molar-refractivity contribution is -0.383. The van der Waals surface area contributed by atoms with Gasteiger partial charge in [-0.2, -0.15) is 0 Å². The van der Waals surface area contributed by atoms with E-state index >= 15 is 0 Å². The number of aliphatic hydroxyl groups excluding tert-OH is 5. The Morgan fingerprint density at radius 1 is 0.820 bits per heavy atom. The lowest BCUT2D eigenvalue weighted by Crippen LogP contribution is -2.63. The maximum Gasteiger partial charge on any atom is 0.331 e. The molecule has 4 rings (SSSR count). The number of hydrogen-bond donors (Lipinski definition) is 7. The van der Waals surface area contributed by atoms with Gasteiger partial charge in [0.2, 0.25) is 5.79 Å². The number of phenolic OH excluding ortho intramolecular Hbond substituents is 2. The summed E-state index contributed by atoms with van der Waals surface area (Å²) in [5.74, 6) is -5.19. The molecular formula is C33H38O17. The van der Waals surface area contributed by atoms with Crippen LogP contribution in [0.3, 0.4) is 0 Å². The number of methoxy groups -OCH3 is 1. The summed E-state index contributed by atoms with van der Waals surface area (Å²) in [6, 6.07) is 10.1. The lowest BCUT2D eigenvalue weighted by atomic mass is 9.99. The van der Waals surface area contributed by atoms with Crippen molar-refractivity contribution < 1.29 is 83.3 Å². The molecule has 2 aromatic carbocycles. The number of phenols is 2. The fraction of sp³-hybridized carbons (Fsp3) is 0.424. The van der Waals surface area contributed by atoms with E-state index in [1.54, 1.807) is 0 Å². The highest BCUT2D eigenvalue weighted by Crippen LogP contribution is 2.38. The van der Waals surface area contributed by atoms with Crippen LogP contribution in [0.2, 0.25) is 0 Å². The smallest absolute Gasteiger partial charge is 0.331 e. The third kappa shape index (κ3) is 9.34. The maximum atomic E-state index is 12.9. The number of aliphatic hydroxyl groups is 5. The Bertz CT molecular complexity index is 1540. The molecular weight excluding hydrogens is 668 g/mol. The van der Waals surface area contributed by atoms with Crippen molar-refractivity contribution in [3.05, 3.63) is 65.7 Å². The minimum atomic E-state index is -2.52. The number of hydrogen-bond acceptors (Lipinski definition) is 17. The first-order chi connectivity index (χ1) is 23.8. The summed E-state index contributed by atoms with van der Waals surface area (Å²) in [4.78, 5) is 36.8. The van der Waals surface area contributed by atoms with Crippen LogP contribution in [0.1, 0.15) is 18.1 Å². The monoisotopic (exact) mass is 706 g/mol. The number of ether oxygens (including phenoxy) is 7. The van der Waals surface area contributed by atoms with Crippen LogP contribution in [0.15, 0.2) is 54.6 Å². The highest BCUT2D eigenvalue weighted by atomic mass is 16.8. The standard InChI is InChI=1S/C33H38O17/c1-17(35)45-14-23-27(40)29(42)30(43)32(47-23)50-33(16-34)31(48-26(39)12-6-18-3-8-20(36)9-4-18)28(41)24(49-33)15-46-25(38)11-7-19-5-10-21(37)22(13-19)44-2/h3-13,23-24,27-32,34,36-37,40-43H,14-16H2,1-2H3. The molecule has 2 aliphatic heterocycles. The molecule has 0 bridgehead atoms. The lowest BCUT2D eigenvalue weighted by Gasteiger charge is -2.43. The number of esters is 3. The molecule has 2 aliphatic rings. The summed E-state index contributed by atoms with van der Waals surface area (Å²) in [6.07, 6.45) is -9.54. The molecule has 9 atom stereocenters. The average molecular weight is 707 g/mol. The van der Waals surface area contributed by atoms with Crippen LogP contribution >= 0.6 is 0 Å². The molecule has 17 heteroatoms. The van der Waals surface area contributed by atoms with Gasteiger partial charge in [0.05, 0.1) is 7.11 Å². The average Bonchev–Trinajstić information content (AvgIpc) is 3.35. The van der Waals surface area contributed by atoms with E-state index in [1.165, 1.54) is 61.7 Å². The van der Waals surface area contributed by atoms with Crippen LogP contribution in [0.25, 0.3) is 12.2 Å². The quantitative estimate of drug-likeness (QED) is 0.0758. The largest absolute Gasteiger partial charge is 0.508 e. The number of carbonyl (C=O) groups is 3. The summed E-state index contributed by atoms with van der Waals surface area (Å²) in [6.45, 7) is -1.31. The Balaban J connectivity index is 1.54. The number of benzene rings is 2. The summed E-state index contributed by atoms with van der Waals surface area (Å²) in [7, 11) is 1.35. The zero-order valence-corrected chi connectivity index (χ0v) is 26.8. The highest BCUT2D eigenvalue weighted by Gasteiger charge is 2.61. The van der Waals surface area contributed by atoms with Gasteiger partial charge in [-0.15, -0.1) is 0 Å². The van der Waals surface area contributed by atoms with E-state index < -0.39 is 92.5 Å². The van der Waals surface area contributed by atoms with E-state index in [9.17, 15) is 50.1 Å². The SMILES string of the molecule is COc1cc(C=CC(=O)OCC2OC(CO)(OC3OC(COC(C)=O)C(O)C(O)C3O)C(OC(=O)C=Cc3ccc(O)cc3)C2O)ccc1O. The first-order valence-electron chi connectivity index (χ1n) is 15.1. The third-order valence-corrected chi connectivity index (χ3v) is 7.68. The zero-order chi connectivity index (χ0) is 36.6.